The molecule has 1 aromatic carbocycles. The number of nitrogens with zero attached hydrogens (tertiary/aromatic N) is 1. The molecule has 7 nitrogen and oxygen atoms in total. The Morgan fingerprint density at radius 1 is 1.10 bits per heavy atom. The second kappa shape index (κ2) is 9.03. The minimum Gasteiger partial charge on any atom is -0.493 e. The summed E-state index contributed by atoms with van der Waals surface area (Å²) in [6, 6.07) is 7.96. The van der Waals surface area contributed by atoms with Gasteiger partial charge in [0.05, 0.1) is 19.8 Å². The van der Waals surface area contributed by atoms with Crippen molar-refractivity contribution in [2.24, 2.45) is 0 Å². The molecule has 0 spiro atoms. The molecule has 0 saturated heterocycles. The fourth-order valence-corrected chi connectivity index (χ4v) is 3.52. The van der Waals surface area contributed by atoms with E-state index in [1.807, 2.05) is 38.1 Å². The molecule has 0 bridgehead atoms. The molecule has 0 unspecified atom stereocenters. The van der Waals surface area contributed by atoms with Gasteiger partial charge in [-0.1, -0.05) is 6.07 Å². The van der Waals surface area contributed by atoms with Gasteiger partial charge in [-0.15, -0.1) is 0 Å². The smallest absolute Gasteiger partial charge is 0.340 e. The maximum atomic E-state index is 12.4. The topological polar surface area (TPSA) is 78.8 Å². The van der Waals surface area contributed by atoms with Gasteiger partial charge in [-0.2, -0.15) is 0 Å². The molecule has 29 heavy (non-hydrogen) atoms. The van der Waals surface area contributed by atoms with Gasteiger partial charge in [0.2, 0.25) is 0 Å². The molecular weight excluding hydrogens is 372 g/mol. The molecule has 1 aliphatic carbocycles. The predicted molar refractivity (Wildman–Crippen MR) is 109 cm³/mol. The van der Waals surface area contributed by atoms with Crippen molar-refractivity contribution in [3.8, 4) is 11.5 Å². The van der Waals surface area contributed by atoms with Gasteiger partial charge in [0, 0.05) is 24.0 Å². The maximum absolute atomic E-state index is 12.4. The minimum absolute atomic E-state index is 0.294. The van der Waals surface area contributed by atoms with Crippen LogP contribution in [0.25, 0.3) is 0 Å². The number of aryl methyl sites for hydroxylation is 1. The van der Waals surface area contributed by atoms with E-state index in [2.05, 4.69) is 9.88 Å². The SMILES string of the molecule is COc1ccc(CCNC(=O)COC(=O)c2cc(C)n(C3CC3)c2C)cc1OC. The monoisotopic (exact) mass is 400 g/mol. The van der Waals surface area contributed by atoms with Gasteiger partial charge in [0.1, 0.15) is 0 Å². The van der Waals surface area contributed by atoms with Crippen molar-refractivity contribution in [1.29, 1.82) is 0 Å². The molecule has 0 aliphatic heterocycles. The van der Waals surface area contributed by atoms with Gasteiger partial charge in [-0.05, 0) is 56.9 Å². The zero-order chi connectivity index (χ0) is 21.0. The van der Waals surface area contributed by atoms with Gasteiger partial charge < -0.3 is 24.1 Å². The molecule has 1 aromatic heterocycles. The summed E-state index contributed by atoms with van der Waals surface area (Å²) in [6.45, 7) is 4.05. The van der Waals surface area contributed by atoms with Crippen molar-refractivity contribution in [2.75, 3.05) is 27.4 Å². The summed E-state index contributed by atoms with van der Waals surface area (Å²) >= 11 is 0. The Balaban J connectivity index is 1.45. The number of carbonyl (C=O) groups is 2. The zero-order valence-corrected chi connectivity index (χ0v) is 17.4. The Labute approximate surface area is 170 Å². The lowest BCUT2D eigenvalue weighted by atomic mass is 10.1. The van der Waals surface area contributed by atoms with Crippen LogP contribution in [0.3, 0.4) is 0 Å². The third-order valence-electron chi connectivity index (χ3n) is 5.13. The Kier molecular flexibility index (Phi) is 6.46. The summed E-state index contributed by atoms with van der Waals surface area (Å²) in [5, 5.41) is 2.77. The van der Waals surface area contributed by atoms with Crippen molar-refractivity contribution in [2.45, 2.75) is 39.2 Å². The molecule has 1 aliphatic rings. The van der Waals surface area contributed by atoms with Crippen molar-refractivity contribution in [3.05, 3.63) is 46.8 Å². The number of rotatable bonds is 9. The van der Waals surface area contributed by atoms with Crippen LogP contribution in [0.1, 0.15) is 46.2 Å². The molecule has 1 heterocycles. The fraction of sp³-hybridized carbons (Fsp3) is 0.455. The van der Waals surface area contributed by atoms with E-state index < -0.39 is 5.97 Å². The lowest BCUT2D eigenvalue weighted by molar-refractivity contribution is -0.124. The molecule has 156 valence electrons. The quantitative estimate of drug-likeness (QED) is 0.655. The van der Waals surface area contributed by atoms with Gasteiger partial charge in [0.15, 0.2) is 18.1 Å². The van der Waals surface area contributed by atoms with Crippen molar-refractivity contribution >= 4 is 11.9 Å². The average molecular weight is 400 g/mol. The highest BCUT2D eigenvalue weighted by molar-refractivity contribution is 5.92. The first-order valence-corrected chi connectivity index (χ1v) is 9.77. The van der Waals surface area contributed by atoms with Crippen LogP contribution < -0.4 is 14.8 Å². The van der Waals surface area contributed by atoms with E-state index in [0.29, 0.717) is 36.1 Å². The van der Waals surface area contributed by atoms with Crippen molar-refractivity contribution in [3.63, 3.8) is 0 Å². The van der Waals surface area contributed by atoms with E-state index >= 15 is 0 Å². The second-order valence-corrected chi connectivity index (χ2v) is 7.25. The van der Waals surface area contributed by atoms with Crippen molar-refractivity contribution in [1.82, 2.24) is 9.88 Å². The predicted octanol–water partition coefficient (Wildman–Crippen LogP) is 2.97. The summed E-state index contributed by atoms with van der Waals surface area (Å²) in [7, 11) is 3.17. The normalized spacial score (nSPS) is 13.1. The summed E-state index contributed by atoms with van der Waals surface area (Å²) in [4.78, 5) is 24.4. The molecule has 3 rings (SSSR count). The fourth-order valence-electron chi connectivity index (χ4n) is 3.52. The summed E-state index contributed by atoms with van der Waals surface area (Å²) in [5.74, 6) is 0.525. The highest BCUT2D eigenvalue weighted by Crippen LogP contribution is 2.38. The molecule has 2 aromatic rings. The Morgan fingerprint density at radius 3 is 2.48 bits per heavy atom. The minimum atomic E-state index is -0.458. The first-order chi connectivity index (χ1) is 13.9. The van der Waals surface area contributed by atoms with E-state index in [1.54, 1.807) is 14.2 Å². The molecule has 1 fully saturated rings. The van der Waals surface area contributed by atoms with Crippen LogP contribution in [0, 0.1) is 13.8 Å². The summed E-state index contributed by atoms with van der Waals surface area (Å²) < 4.78 is 17.9. The van der Waals surface area contributed by atoms with E-state index in [1.165, 1.54) is 0 Å². The number of aromatic nitrogens is 1. The maximum Gasteiger partial charge on any atom is 0.340 e. The number of carbonyl (C=O) groups excluding carboxylic acids is 2. The number of hydrogen-bond donors (Lipinski definition) is 1. The Morgan fingerprint density at radius 2 is 1.83 bits per heavy atom. The highest BCUT2D eigenvalue weighted by atomic mass is 16.5. The number of methoxy groups -OCH3 is 2. The lowest BCUT2D eigenvalue weighted by Crippen LogP contribution is -2.30. The van der Waals surface area contributed by atoms with Crippen LogP contribution in [0.4, 0.5) is 0 Å². The third kappa shape index (κ3) is 4.91. The molecule has 0 radical (unpaired) electrons. The number of nitrogens with one attached hydrogen (secondary N) is 1. The van der Waals surface area contributed by atoms with Gasteiger partial charge >= 0.3 is 5.97 Å². The van der Waals surface area contributed by atoms with E-state index in [9.17, 15) is 9.59 Å². The van der Waals surface area contributed by atoms with Gasteiger partial charge in [-0.25, -0.2) is 4.79 Å². The first kappa shape index (κ1) is 20.8. The van der Waals surface area contributed by atoms with Crippen molar-refractivity contribution < 1.29 is 23.8 Å². The molecular formula is C22H28N2O5. The molecule has 1 N–H and O–H groups in total. The molecule has 7 heteroatoms. The largest absolute Gasteiger partial charge is 0.493 e. The van der Waals surface area contributed by atoms with Gasteiger partial charge in [0.25, 0.3) is 5.91 Å². The standard InChI is InChI=1S/C22H28N2O5/c1-14-11-18(15(2)24(14)17-6-7-17)22(26)29-13-21(25)23-10-9-16-5-8-19(27-3)20(12-16)28-4/h5,8,11-12,17H,6-7,9-10,13H2,1-4H3,(H,23,25). The molecule has 1 amide bonds. The lowest BCUT2D eigenvalue weighted by Gasteiger charge is -2.10. The van der Waals surface area contributed by atoms with Crippen LogP contribution in [-0.2, 0) is 16.0 Å². The number of ether oxygens (including phenoxy) is 3. The van der Waals surface area contributed by atoms with Crippen LogP contribution in [0.2, 0.25) is 0 Å². The van der Waals surface area contributed by atoms with Crippen LogP contribution in [0.5, 0.6) is 11.5 Å². The third-order valence-corrected chi connectivity index (χ3v) is 5.13. The summed E-state index contributed by atoms with van der Waals surface area (Å²) in [6.07, 6.45) is 2.92. The number of hydrogen-bond acceptors (Lipinski definition) is 5. The molecule has 0 atom stereocenters. The molecule has 1 saturated carbocycles. The number of amides is 1. The zero-order valence-electron chi connectivity index (χ0n) is 17.4. The number of esters is 1. The van der Waals surface area contributed by atoms with E-state index in [-0.39, 0.29) is 12.5 Å². The van der Waals surface area contributed by atoms with Crippen LogP contribution in [-0.4, -0.2) is 43.8 Å². The number of benzene rings is 1. The summed E-state index contributed by atoms with van der Waals surface area (Å²) in [5.41, 5.74) is 3.50. The van der Waals surface area contributed by atoms with E-state index in [4.69, 9.17) is 14.2 Å². The van der Waals surface area contributed by atoms with Crippen LogP contribution >= 0.6 is 0 Å². The average Bonchev–Trinajstić information content (AvgIpc) is 3.50. The van der Waals surface area contributed by atoms with Gasteiger partial charge in [-0.3, -0.25) is 4.79 Å². The highest BCUT2D eigenvalue weighted by Gasteiger charge is 2.28. The Bertz CT molecular complexity index is 899. The first-order valence-electron chi connectivity index (χ1n) is 9.77. The second-order valence-electron chi connectivity index (χ2n) is 7.25. The van der Waals surface area contributed by atoms with Crippen LogP contribution in [0.15, 0.2) is 24.3 Å². The Hall–Kier alpha value is -2.96. The van der Waals surface area contributed by atoms with E-state index in [0.717, 1.165) is 29.8 Å².